The zero-order valence-corrected chi connectivity index (χ0v) is 15.3. The van der Waals surface area contributed by atoms with E-state index < -0.39 is 5.82 Å². The van der Waals surface area contributed by atoms with Crippen LogP contribution in [0.3, 0.4) is 0 Å². The second kappa shape index (κ2) is 9.82. The molecule has 0 unspecified atom stereocenters. The van der Waals surface area contributed by atoms with Crippen LogP contribution in [-0.4, -0.2) is 24.9 Å². The second-order valence-electron chi connectivity index (χ2n) is 5.23. The minimum absolute atomic E-state index is 0.0522. The Kier molecular flexibility index (Phi) is 7.78. The SMILES string of the molecule is CCOc1cc(CNCCO)cc(Cl)c1OCc1c(F)cccc1Cl. The molecule has 0 saturated heterocycles. The first kappa shape index (κ1) is 19.8. The molecule has 25 heavy (non-hydrogen) atoms. The highest BCUT2D eigenvalue weighted by Gasteiger charge is 2.15. The van der Waals surface area contributed by atoms with Gasteiger partial charge in [0.15, 0.2) is 11.5 Å². The van der Waals surface area contributed by atoms with Crippen LogP contribution in [0.25, 0.3) is 0 Å². The fourth-order valence-corrected chi connectivity index (χ4v) is 2.76. The van der Waals surface area contributed by atoms with Crippen molar-refractivity contribution in [1.82, 2.24) is 5.32 Å². The maximum absolute atomic E-state index is 13.9. The van der Waals surface area contributed by atoms with E-state index in [0.29, 0.717) is 41.2 Å². The summed E-state index contributed by atoms with van der Waals surface area (Å²) in [6.07, 6.45) is 0. The molecule has 0 aliphatic rings. The lowest BCUT2D eigenvalue weighted by molar-refractivity contribution is 0.265. The van der Waals surface area contributed by atoms with E-state index in [4.69, 9.17) is 37.8 Å². The zero-order chi connectivity index (χ0) is 18.2. The highest BCUT2D eigenvalue weighted by molar-refractivity contribution is 6.32. The van der Waals surface area contributed by atoms with E-state index in [1.165, 1.54) is 12.1 Å². The predicted octanol–water partition coefficient (Wildman–Crippen LogP) is 4.19. The first-order valence-electron chi connectivity index (χ1n) is 7.89. The summed E-state index contributed by atoms with van der Waals surface area (Å²) in [6.45, 7) is 3.28. The van der Waals surface area contributed by atoms with E-state index in [-0.39, 0.29) is 18.8 Å². The van der Waals surface area contributed by atoms with Gasteiger partial charge in [0.05, 0.1) is 23.3 Å². The Balaban J connectivity index is 2.21. The van der Waals surface area contributed by atoms with Crippen LogP contribution in [0.5, 0.6) is 11.5 Å². The lowest BCUT2D eigenvalue weighted by Gasteiger charge is -2.16. The Bertz CT molecular complexity index is 693. The molecule has 0 heterocycles. The quantitative estimate of drug-likeness (QED) is 0.633. The number of aliphatic hydroxyl groups is 1. The monoisotopic (exact) mass is 387 g/mol. The molecular formula is C18H20Cl2FNO3. The molecule has 0 saturated carbocycles. The summed E-state index contributed by atoms with van der Waals surface area (Å²) in [5.41, 5.74) is 1.15. The van der Waals surface area contributed by atoms with Crippen molar-refractivity contribution in [1.29, 1.82) is 0 Å². The summed E-state index contributed by atoms with van der Waals surface area (Å²) in [6, 6.07) is 8.01. The normalized spacial score (nSPS) is 10.8. The van der Waals surface area contributed by atoms with Crippen LogP contribution in [-0.2, 0) is 13.2 Å². The summed E-state index contributed by atoms with van der Waals surface area (Å²) in [4.78, 5) is 0. The Morgan fingerprint density at radius 2 is 1.96 bits per heavy atom. The number of nitrogens with one attached hydrogen (secondary N) is 1. The number of ether oxygens (including phenoxy) is 2. The van der Waals surface area contributed by atoms with Crippen molar-refractivity contribution in [3.63, 3.8) is 0 Å². The predicted molar refractivity (Wildman–Crippen MR) is 97.2 cm³/mol. The van der Waals surface area contributed by atoms with E-state index in [1.807, 2.05) is 6.92 Å². The van der Waals surface area contributed by atoms with Crippen LogP contribution in [0.1, 0.15) is 18.1 Å². The highest BCUT2D eigenvalue weighted by Crippen LogP contribution is 2.37. The van der Waals surface area contributed by atoms with Gasteiger partial charge in [-0.15, -0.1) is 0 Å². The van der Waals surface area contributed by atoms with E-state index in [2.05, 4.69) is 5.32 Å². The fraction of sp³-hybridized carbons (Fsp3) is 0.333. The van der Waals surface area contributed by atoms with Crippen LogP contribution < -0.4 is 14.8 Å². The smallest absolute Gasteiger partial charge is 0.180 e. The standard InChI is InChI=1S/C18H20Cl2FNO3/c1-2-24-17-9-12(10-22-6-7-23)8-15(20)18(17)25-11-13-14(19)4-3-5-16(13)21/h3-5,8-9,22-23H,2,6-7,10-11H2,1H3. The summed E-state index contributed by atoms with van der Waals surface area (Å²) in [7, 11) is 0. The van der Waals surface area contributed by atoms with E-state index in [9.17, 15) is 4.39 Å². The Labute approximate surface area is 156 Å². The van der Waals surface area contributed by atoms with Gasteiger partial charge in [-0.3, -0.25) is 0 Å². The minimum Gasteiger partial charge on any atom is -0.490 e. The average Bonchev–Trinajstić information content (AvgIpc) is 2.57. The van der Waals surface area contributed by atoms with Crippen LogP contribution in [0.4, 0.5) is 4.39 Å². The molecule has 0 amide bonds. The topological polar surface area (TPSA) is 50.7 Å². The van der Waals surface area contributed by atoms with Crippen molar-refractivity contribution in [2.24, 2.45) is 0 Å². The third kappa shape index (κ3) is 5.47. The lowest BCUT2D eigenvalue weighted by atomic mass is 10.2. The molecular weight excluding hydrogens is 368 g/mol. The van der Waals surface area contributed by atoms with E-state index in [1.54, 1.807) is 18.2 Å². The third-order valence-corrected chi connectivity index (χ3v) is 4.04. The average molecular weight is 388 g/mol. The maximum atomic E-state index is 13.9. The number of benzene rings is 2. The van der Waals surface area contributed by atoms with Crippen molar-refractivity contribution in [3.05, 3.63) is 57.3 Å². The van der Waals surface area contributed by atoms with Gasteiger partial charge in [0.2, 0.25) is 0 Å². The number of hydrogen-bond acceptors (Lipinski definition) is 4. The first-order chi connectivity index (χ1) is 12.1. The Hall–Kier alpha value is -1.53. The molecule has 0 atom stereocenters. The van der Waals surface area contributed by atoms with Gasteiger partial charge in [0.25, 0.3) is 0 Å². The molecule has 7 heteroatoms. The summed E-state index contributed by atoms with van der Waals surface area (Å²) in [5, 5.41) is 12.5. The van der Waals surface area contributed by atoms with Gasteiger partial charge in [-0.2, -0.15) is 0 Å². The van der Waals surface area contributed by atoms with Gasteiger partial charge in [0, 0.05) is 18.7 Å². The van der Waals surface area contributed by atoms with Crippen molar-refractivity contribution in [3.8, 4) is 11.5 Å². The molecule has 2 aromatic carbocycles. The molecule has 136 valence electrons. The van der Waals surface area contributed by atoms with E-state index >= 15 is 0 Å². The first-order valence-corrected chi connectivity index (χ1v) is 8.64. The van der Waals surface area contributed by atoms with Gasteiger partial charge < -0.3 is 19.9 Å². The van der Waals surface area contributed by atoms with Crippen molar-refractivity contribution < 1.29 is 19.0 Å². The van der Waals surface area contributed by atoms with Gasteiger partial charge in [-0.1, -0.05) is 29.3 Å². The molecule has 2 N–H and O–H groups in total. The number of halogens is 3. The zero-order valence-electron chi connectivity index (χ0n) is 13.8. The summed E-state index contributed by atoms with van der Waals surface area (Å²) in [5.74, 6) is 0.378. The van der Waals surface area contributed by atoms with Gasteiger partial charge in [0.1, 0.15) is 12.4 Å². The molecule has 2 rings (SSSR count). The summed E-state index contributed by atoms with van der Waals surface area (Å²) < 4.78 is 25.2. The number of rotatable bonds is 9. The molecule has 0 radical (unpaired) electrons. The number of aliphatic hydroxyl groups excluding tert-OH is 1. The molecule has 0 fully saturated rings. The fourth-order valence-electron chi connectivity index (χ4n) is 2.25. The molecule has 0 bridgehead atoms. The second-order valence-corrected chi connectivity index (χ2v) is 6.04. The molecule has 0 aliphatic heterocycles. The van der Waals surface area contributed by atoms with E-state index in [0.717, 1.165) is 5.56 Å². The number of hydrogen-bond donors (Lipinski definition) is 2. The third-order valence-electron chi connectivity index (χ3n) is 3.41. The van der Waals surface area contributed by atoms with Crippen LogP contribution in [0, 0.1) is 5.82 Å². The Morgan fingerprint density at radius 1 is 1.16 bits per heavy atom. The van der Waals surface area contributed by atoms with Gasteiger partial charge in [-0.05, 0) is 36.8 Å². The summed E-state index contributed by atoms with van der Waals surface area (Å²) >= 11 is 12.3. The van der Waals surface area contributed by atoms with Crippen LogP contribution in [0.2, 0.25) is 10.0 Å². The highest BCUT2D eigenvalue weighted by atomic mass is 35.5. The molecule has 0 spiro atoms. The van der Waals surface area contributed by atoms with Crippen molar-refractivity contribution in [2.75, 3.05) is 19.8 Å². The maximum Gasteiger partial charge on any atom is 0.180 e. The van der Waals surface area contributed by atoms with Gasteiger partial charge in [-0.25, -0.2) is 4.39 Å². The Morgan fingerprint density at radius 3 is 2.64 bits per heavy atom. The van der Waals surface area contributed by atoms with Crippen molar-refractivity contribution >= 4 is 23.2 Å². The molecule has 2 aromatic rings. The molecule has 4 nitrogen and oxygen atoms in total. The largest absolute Gasteiger partial charge is 0.490 e. The van der Waals surface area contributed by atoms with Crippen LogP contribution >= 0.6 is 23.2 Å². The lowest BCUT2D eigenvalue weighted by Crippen LogP contribution is -2.17. The molecule has 0 aromatic heterocycles. The molecule has 0 aliphatic carbocycles. The minimum atomic E-state index is -0.439. The van der Waals surface area contributed by atoms with Crippen LogP contribution in [0.15, 0.2) is 30.3 Å². The van der Waals surface area contributed by atoms with Crippen molar-refractivity contribution in [2.45, 2.75) is 20.1 Å². The van der Waals surface area contributed by atoms with Gasteiger partial charge >= 0.3 is 0 Å².